The van der Waals surface area contributed by atoms with Crippen LogP contribution in [0.15, 0.2) is 54.6 Å². The van der Waals surface area contributed by atoms with Crippen molar-refractivity contribution in [3.05, 3.63) is 65.7 Å². The van der Waals surface area contributed by atoms with Crippen molar-refractivity contribution < 1.29 is 4.74 Å². The van der Waals surface area contributed by atoms with Gasteiger partial charge in [-0.1, -0.05) is 61.7 Å². The number of rotatable bonds is 6. The van der Waals surface area contributed by atoms with Gasteiger partial charge in [-0.3, -0.25) is 9.80 Å². The average Bonchev–Trinajstić information content (AvgIpc) is 3.28. The predicted octanol–water partition coefficient (Wildman–Crippen LogP) is 5.49. The molecule has 30 heavy (non-hydrogen) atoms. The van der Waals surface area contributed by atoms with Crippen molar-refractivity contribution in [1.29, 1.82) is 0 Å². The van der Waals surface area contributed by atoms with Gasteiger partial charge in [-0.2, -0.15) is 0 Å². The second-order valence-electron chi connectivity index (χ2n) is 9.53. The Kier molecular flexibility index (Phi) is 6.38. The summed E-state index contributed by atoms with van der Waals surface area (Å²) in [5, 5.41) is 0. The van der Waals surface area contributed by atoms with Crippen molar-refractivity contribution in [3.8, 4) is 5.75 Å². The van der Waals surface area contributed by atoms with Gasteiger partial charge >= 0.3 is 0 Å². The molecule has 0 spiro atoms. The summed E-state index contributed by atoms with van der Waals surface area (Å²) >= 11 is 0. The smallest absolute Gasteiger partial charge is 0.120 e. The first-order chi connectivity index (χ1) is 14.9. The third-order valence-electron chi connectivity index (χ3n) is 7.57. The molecule has 0 aromatic heterocycles. The minimum absolute atomic E-state index is 0.635. The third kappa shape index (κ3) is 4.58. The average molecular weight is 405 g/mol. The van der Waals surface area contributed by atoms with E-state index in [1.54, 1.807) is 0 Å². The molecule has 5 rings (SSSR count). The summed E-state index contributed by atoms with van der Waals surface area (Å²) in [5.74, 6) is 1.88. The molecule has 3 aliphatic rings. The molecule has 0 bridgehead atoms. The van der Waals surface area contributed by atoms with Crippen LogP contribution in [0.5, 0.6) is 5.75 Å². The minimum Gasteiger partial charge on any atom is -0.489 e. The first kappa shape index (κ1) is 20.1. The Balaban J connectivity index is 1.28. The van der Waals surface area contributed by atoms with Crippen LogP contribution >= 0.6 is 0 Å². The number of hydrogen-bond donors (Lipinski definition) is 0. The Labute approximate surface area is 182 Å². The zero-order chi connectivity index (χ0) is 20.2. The third-order valence-corrected chi connectivity index (χ3v) is 7.57. The van der Waals surface area contributed by atoms with E-state index >= 15 is 0 Å². The second kappa shape index (κ2) is 9.53. The van der Waals surface area contributed by atoms with Crippen LogP contribution in [-0.4, -0.2) is 41.5 Å². The fourth-order valence-electron chi connectivity index (χ4n) is 6.15. The molecule has 0 radical (unpaired) electrons. The summed E-state index contributed by atoms with van der Waals surface area (Å²) in [6, 6.07) is 20.8. The molecule has 3 fully saturated rings. The van der Waals surface area contributed by atoms with Crippen LogP contribution in [0.25, 0.3) is 0 Å². The maximum absolute atomic E-state index is 6.11. The van der Waals surface area contributed by atoms with E-state index in [0.29, 0.717) is 6.61 Å². The SMILES string of the molecule is c1ccc(COc2cccc(CN3CCN4CCC[C@@H]4[C@@H]3C3CCCCC3)c2)cc1. The maximum Gasteiger partial charge on any atom is 0.120 e. The molecule has 2 aromatic carbocycles. The van der Waals surface area contributed by atoms with E-state index in [-0.39, 0.29) is 0 Å². The number of fused-ring (bicyclic) bond motifs is 1. The topological polar surface area (TPSA) is 15.7 Å². The lowest BCUT2D eigenvalue weighted by atomic mass is 9.78. The van der Waals surface area contributed by atoms with Crippen LogP contribution in [-0.2, 0) is 13.2 Å². The Morgan fingerprint density at radius 1 is 0.767 bits per heavy atom. The Hall–Kier alpha value is -1.84. The van der Waals surface area contributed by atoms with E-state index < -0.39 is 0 Å². The molecule has 160 valence electrons. The van der Waals surface area contributed by atoms with Gasteiger partial charge in [0, 0.05) is 31.7 Å². The summed E-state index contributed by atoms with van der Waals surface area (Å²) in [6.45, 7) is 5.49. The second-order valence-corrected chi connectivity index (χ2v) is 9.53. The van der Waals surface area contributed by atoms with Crippen LogP contribution in [0.4, 0.5) is 0 Å². The highest BCUT2D eigenvalue weighted by atomic mass is 16.5. The highest BCUT2D eigenvalue weighted by Gasteiger charge is 2.42. The zero-order valence-corrected chi connectivity index (χ0v) is 18.2. The largest absolute Gasteiger partial charge is 0.489 e. The number of ether oxygens (including phenoxy) is 1. The standard InChI is InChI=1S/C27H36N2O/c1-3-9-22(10-4-1)21-30-25-14-7-11-23(19-25)20-29-18-17-28-16-8-15-26(28)27(29)24-12-5-2-6-13-24/h1,3-4,7,9-11,14,19,24,26-27H,2,5-6,8,12-13,15-18,20-21H2/t26-,27+/m1/s1. The molecule has 2 saturated heterocycles. The van der Waals surface area contributed by atoms with Crippen molar-refractivity contribution >= 4 is 0 Å². The van der Waals surface area contributed by atoms with Crippen molar-refractivity contribution in [2.24, 2.45) is 5.92 Å². The molecule has 2 aromatic rings. The molecule has 0 unspecified atom stereocenters. The Morgan fingerprint density at radius 3 is 2.47 bits per heavy atom. The summed E-state index contributed by atoms with van der Waals surface area (Å²) < 4.78 is 6.11. The van der Waals surface area contributed by atoms with Crippen LogP contribution < -0.4 is 4.74 Å². The van der Waals surface area contributed by atoms with E-state index in [0.717, 1.165) is 30.3 Å². The van der Waals surface area contributed by atoms with E-state index in [9.17, 15) is 0 Å². The number of hydrogen-bond acceptors (Lipinski definition) is 3. The van der Waals surface area contributed by atoms with E-state index in [1.807, 2.05) is 0 Å². The quantitative estimate of drug-likeness (QED) is 0.633. The van der Waals surface area contributed by atoms with Gasteiger partial charge in [0.05, 0.1) is 0 Å². The highest BCUT2D eigenvalue weighted by molar-refractivity contribution is 5.29. The van der Waals surface area contributed by atoms with Crippen LogP contribution in [0.1, 0.15) is 56.1 Å². The van der Waals surface area contributed by atoms with Crippen molar-refractivity contribution in [2.75, 3.05) is 19.6 Å². The summed E-state index contributed by atoms with van der Waals surface area (Å²) in [6.07, 6.45) is 9.98. The van der Waals surface area contributed by atoms with E-state index in [4.69, 9.17) is 4.74 Å². The molecule has 1 aliphatic carbocycles. The first-order valence-electron chi connectivity index (χ1n) is 12.1. The lowest BCUT2D eigenvalue weighted by Gasteiger charge is -2.49. The maximum atomic E-state index is 6.11. The molecule has 2 heterocycles. The number of piperazine rings is 1. The van der Waals surface area contributed by atoms with Gasteiger partial charge in [-0.25, -0.2) is 0 Å². The summed E-state index contributed by atoms with van der Waals surface area (Å²) in [7, 11) is 0. The minimum atomic E-state index is 0.635. The van der Waals surface area contributed by atoms with E-state index in [2.05, 4.69) is 64.4 Å². The summed E-state index contributed by atoms with van der Waals surface area (Å²) in [5.41, 5.74) is 2.62. The van der Waals surface area contributed by atoms with Crippen molar-refractivity contribution in [2.45, 2.75) is 70.2 Å². The molecule has 0 amide bonds. The fourth-order valence-corrected chi connectivity index (χ4v) is 6.15. The van der Waals surface area contributed by atoms with Crippen molar-refractivity contribution in [3.63, 3.8) is 0 Å². The molecular formula is C27H36N2O. The molecule has 1 saturated carbocycles. The highest BCUT2D eigenvalue weighted by Crippen LogP contribution is 2.38. The predicted molar refractivity (Wildman–Crippen MR) is 123 cm³/mol. The van der Waals surface area contributed by atoms with Gasteiger partial charge in [0.2, 0.25) is 0 Å². The number of benzene rings is 2. The van der Waals surface area contributed by atoms with E-state index in [1.165, 1.54) is 75.7 Å². The normalized spacial score (nSPS) is 25.9. The lowest BCUT2D eigenvalue weighted by molar-refractivity contribution is -0.00383. The molecule has 3 nitrogen and oxygen atoms in total. The number of nitrogens with zero attached hydrogens (tertiary/aromatic N) is 2. The fraction of sp³-hybridized carbons (Fsp3) is 0.556. The Morgan fingerprint density at radius 2 is 1.60 bits per heavy atom. The molecule has 3 heteroatoms. The molecule has 2 aliphatic heterocycles. The lowest BCUT2D eigenvalue weighted by Crippen LogP contribution is -2.59. The molecular weight excluding hydrogens is 368 g/mol. The van der Waals surface area contributed by atoms with Gasteiger partial charge in [0.25, 0.3) is 0 Å². The molecule has 0 N–H and O–H groups in total. The monoisotopic (exact) mass is 404 g/mol. The van der Waals surface area contributed by atoms with Gasteiger partial charge in [0.1, 0.15) is 12.4 Å². The van der Waals surface area contributed by atoms with Gasteiger partial charge in [-0.15, -0.1) is 0 Å². The van der Waals surface area contributed by atoms with Crippen molar-refractivity contribution in [1.82, 2.24) is 9.80 Å². The summed E-state index contributed by atoms with van der Waals surface area (Å²) in [4.78, 5) is 5.63. The van der Waals surface area contributed by atoms with Gasteiger partial charge < -0.3 is 4.74 Å². The molecule has 2 atom stereocenters. The van der Waals surface area contributed by atoms with Gasteiger partial charge in [0.15, 0.2) is 0 Å². The Bertz CT molecular complexity index is 802. The zero-order valence-electron chi connectivity index (χ0n) is 18.2. The van der Waals surface area contributed by atoms with Crippen LogP contribution in [0, 0.1) is 5.92 Å². The van der Waals surface area contributed by atoms with Crippen LogP contribution in [0.3, 0.4) is 0 Å². The first-order valence-corrected chi connectivity index (χ1v) is 12.1. The van der Waals surface area contributed by atoms with Crippen LogP contribution in [0.2, 0.25) is 0 Å². The van der Waals surface area contributed by atoms with Gasteiger partial charge in [-0.05, 0) is 61.4 Å².